The van der Waals surface area contributed by atoms with Gasteiger partial charge < -0.3 is 15.0 Å². The van der Waals surface area contributed by atoms with E-state index in [2.05, 4.69) is 26.2 Å². The van der Waals surface area contributed by atoms with E-state index >= 15 is 0 Å². The third-order valence-corrected chi connectivity index (χ3v) is 3.51. The average molecular weight is 356 g/mol. The third-order valence-electron chi connectivity index (χ3n) is 3.07. The van der Waals surface area contributed by atoms with Gasteiger partial charge in [-0.1, -0.05) is 0 Å². The Balaban J connectivity index is 2.18. The van der Waals surface area contributed by atoms with Gasteiger partial charge in [0, 0.05) is 29.5 Å². The average Bonchev–Trinajstić information content (AvgIpc) is 2.46. The Kier molecular flexibility index (Phi) is 5.30. The molecule has 2 rings (SSSR count). The van der Waals surface area contributed by atoms with Crippen LogP contribution in [0.5, 0.6) is 0 Å². The van der Waals surface area contributed by atoms with Gasteiger partial charge in [-0.05, 0) is 35.8 Å². The molecule has 2 amide bonds. The van der Waals surface area contributed by atoms with Gasteiger partial charge in [0.2, 0.25) is 5.91 Å². The standard InChI is InChI=1S/C14H18BrN3O3/c1-9(2)17-13(19)12-8-21-4-3-18(12)14(20)10-5-11(15)7-16-6-10/h5-7,9,12H,3-4,8H2,1-2H3,(H,17,19). The quantitative estimate of drug-likeness (QED) is 0.884. The highest BCUT2D eigenvalue weighted by Crippen LogP contribution is 2.15. The molecule has 0 radical (unpaired) electrons. The van der Waals surface area contributed by atoms with E-state index in [-0.39, 0.29) is 24.5 Å². The lowest BCUT2D eigenvalue weighted by Crippen LogP contribution is -2.56. The van der Waals surface area contributed by atoms with Gasteiger partial charge in [-0.25, -0.2) is 0 Å². The van der Waals surface area contributed by atoms with Crippen LogP contribution in [0.4, 0.5) is 0 Å². The fourth-order valence-electron chi connectivity index (χ4n) is 2.14. The highest BCUT2D eigenvalue weighted by Gasteiger charge is 2.33. The highest BCUT2D eigenvalue weighted by molar-refractivity contribution is 9.10. The highest BCUT2D eigenvalue weighted by atomic mass is 79.9. The van der Waals surface area contributed by atoms with Gasteiger partial charge in [0.15, 0.2) is 0 Å². The Hall–Kier alpha value is -1.47. The van der Waals surface area contributed by atoms with Gasteiger partial charge in [0.05, 0.1) is 18.8 Å². The summed E-state index contributed by atoms with van der Waals surface area (Å²) < 4.78 is 6.07. The smallest absolute Gasteiger partial charge is 0.256 e. The lowest BCUT2D eigenvalue weighted by molar-refractivity contribution is -0.131. The summed E-state index contributed by atoms with van der Waals surface area (Å²) in [6, 6.07) is 1.11. The maximum absolute atomic E-state index is 12.6. The molecule has 0 saturated carbocycles. The molecule has 0 bridgehead atoms. The molecule has 2 heterocycles. The summed E-state index contributed by atoms with van der Waals surface area (Å²) >= 11 is 3.29. The number of nitrogens with zero attached hydrogens (tertiary/aromatic N) is 2. The maximum atomic E-state index is 12.6. The molecule has 1 atom stereocenters. The first kappa shape index (κ1) is 15.9. The lowest BCUT2D eigenvalue weighted by atomic mass is 10.1. The van der Waals surface area contributed by atoms with Gasteiger partial charge in [0.25, 0.3) is 5.91 Å². The van der Waals surface area contributed by atoms with Gasteiger partial charge in [0.1, 0.15) is 6.04 Å². The monoisotopic (exact) mass is 355 g/mol. The molecule has 1 unspecified atom stereocenters. The molecule has 1 aliphatic heterocycles. The predicted molar refractivity (Wildman–Crippen MR) is 80.9 cm³/mol. The Morgan fingerprint density at radius 3 is 2.90 bits per heavy atom. The van der Waals surface area contributed by atoms with E-state index in [1.165, 1.54) is 6.20 Å². The number of aromatic nitrogens is 1. The summed E-state index contributed by atoms with van der Waals surface area (Å²) in [7, 11) is 0. The summed E-state index contributed by atoms with van der Waals surface area (Å²) in [4.78, 5) is 30.3. The van der Waals surface area contributed by atoms with Crippen molar-refractivity contribution in [2.45, 2.75) is 25.9 Å². The van der Waals surface area contributed by atoms with Crippen LogP contribution in [0.2, 0.25) is 0 Å². The molecular formula is C14H18BrN3O3. The number of halogens is 1. The van der Waals surface area contributed by atoms with Crippen molar-refractivity contribution >= 4 is 27.7 Å². The second-order valence-corrected chi connectivity index (χ2v) is 6.06. The number of amides is 2. The molecule has 21 heavy (non-hydrogen) atoms. The largest absolute Gasteiger partial charge is 0.377 e. The van der Waals surface area contributed by atoms with Gasteiger partial charge >= 0.3 is 0 Å². The SMILES string of the molecule is CC(C)NC(=O)C1COCCN1C(=O)c1cncc(Br)c1. The summed E-state index contributed by atoms with van der Waals surface area (Å²) in [5, 5.41) is 2.82. The fourth-order valence-corrected chi connectivity index (χ4v) is 2.50. The second-order valence-electron chi connectivity index (χ2n) is 5.14. The van der Waals surface area contributed by atoms with E-state index in [1.54, 1.807) is 17.2 Å². The van der Waals surface area contributed by atoms with Crippen LogP contribution in [-0.4, -0.2) is 53.5 Å². The second kappa shape index (κ2) is 7.00. The van der Waals surface area contributed by atoms with Crippen molar-refractivity contribution in [3.05, 3.63) is 28.5 Å². The molecule has 1 fully saturated rings. The number of hydrogen-bond acceptors (Lipinski definition) is 4. The van der Waals surface area contributed by atoms with E-state index in [4.69, 9.17) is 4.74 Å². The zero-order chi connectivity index (χ0) is 15.4. The Morgan fingerprint density at radius 2 is 2.24 bits per heavy atom. The summed E-state index contributed by atoms with van der Waals surface area (Å²) in [5.74, 6) is -0.406. The van der Waals surface area contributed by atoms with Crippen LogP contribution in [0.1, 0.15) is 24.2 Å². The molecule has 1 saturated heterocycles. The van der Waals surface area contributed by atoms with Crippen molar-refractivity contribution in [1.82, 2.24) is 15.2 Å². The van der Waals surface area contributed by atoms with Crippen LogP contribution in [0, 0.1) is 0 Å². The maximum Gasteiger partial charge on any atom is 0.256 e. The molecule has 1 N–H and O–H groups in total. The molecule has 1 aromatic rings. The minimum absolute atomic E-state index is 0.0175. The van der Waals surface area contributed by atoms with E-state index in [0.717, 1.165) is 4.47 Å². The van der Waals surface area contributed by atoms with Crippen LogP contribution in [0.3, 0.4) is 0 Å². The fraction of sp³-hybridized carbons (Fsp3) is 0.500. The summed E-state index contributed by atoms with van der Waals surface area (Å²) in [5.41, 5.74) is 0.452. The van der Waals surface area contributed by atoms with E-state index in [0.29, 0.717) is 18.7 Å². The Bertz CT molecular complexity index is 536. The number of rotatable bonds is 3. The van der Waals surface area contributed by atoms with Gasteiger partial charge in [-0.15, -0.1) is 0 Å². The summed E-state index contributed by atoms with van der Waals surface area (Å²) in [6.45, 7) is 4.80. The van der Waals surface area contributed by atoms with Crippen molar-refractivity contribution in [1.29, 1.82) is 0 Å². The minimum Gasteiger partial charge on any atom is -0.377 e. The number of nitrogens with one attached hydrogen (secondary N) is 1. The molecular weight excluding hydrogens is 338 g/mol. The van der Waals surface area contributed by atoms with Crippen LogP contribution >= 0.6 is 15.9 Å². The first-order chi connectivity index (χ1) is 9.99. The van der Waals surface area contributed by atoms with Crippen molar-refractivity contribution < 1.29 is 14.3 Å². The van der Waals surface area contributed by atoms with E-state index < -0.39 is 6.04 Å². The molecule has 0 aromatic carbocycles. The van der Waals surface area contributed by atoms with Gasteiger partial charge in [-0.3, -0.25) is 14.6 Å². The molecule has 7 heteroatoms. The number of morpholine rings is 1. The number of hydrogen-bond donors (Lipinski definition) is 1. The van der Waals surface area contributed by atoms with E-state index in [1.807, 2.05) is 13.8 Å². The number of carbonyl (C=O) groups is 2. The normalized spacial score (nSPS) is 18.7. The molecule has 1 aliphatic rings. The van der Waals surface area contributed by atoms with Crippen LogP contribution in [0.25, 0.3) is 0 Å². The third kappa shape index (κ3) is 4.01. The van der Waals surface area contributed by atoms with Crippen LogP contribution in [-0.2, 0) is 9.53 Å². The van der Waals surface area contributed by atoms with Crippen molar-refractivity contribution in [3.8, 4) is 0 Å². The first-order valence-corrected chi connectivity index (χ1v) is 7.58. The van der Waals surface area contributed by atoms with Crippen molar-refractivity contribution in [3.63, 3.8) is 0 Å². The number of ether oxygens (including phenoxy) is 1. The lowest BCUT2D eigenvalue weighted by Gasteiger charge is -2.35. The zero-order valence-corrected chi connectivity index (χ0v) is 13.6. The van der Waals surface area contributed by atoms with Crippen LogP contribution < -0.4 is 5.32 Å². The molecule has 0 aliphatic carbocycles. The van der Waals surface area contributed by atoms with Crippen LogP contribution in [0.15, 0.2) is 22.9 Å². The number of carbonyl (C=O) groups excluding carboxylic acids is 2. The molecule has 114 valence electrons. The predicted octanol–water partition coefficient (Wildman–Crippen LogP) is 1.21. The van der Waals surface area contributed by atoms with E-state index in [9.17, 15) is 9.59 Å². The van der Waals surface area contributed by atoms with Gasteiger partial charge in [-0.2, -0.15) is 0 Å². The molecule has 0 spiro atoms. The Labute approximate surface area is 132 Å². The minimum atomic E-state index is -0.604. The topological polar surface area (TPSA) is 71.5 Å². The summed E-state index contributed by atoms with van der Waals surface area (Å²) in [6.07, 6.45) is 3.11. The molecule has 6 nitrogen and oxygen atoms in total. The van der Waals surface area contributed by atoms with Crippen molar-refractivity contribution in [2.75, 3.05) is 19.8 Å². The van der Waals surface area contributed by atoms with Crippen molar-refractivity contribution in [2.24, 2.45) is 0 Å². The Morgan fingerprint density at radius 1 is 1.48 bits per heavy atom. The number of pyridine rings is 1. The molecule has 1 aromatic heterocycles. The first-order valence-electron chi connectivity index (χ1n) is 6.78. The zero-order valence-electron chi connectivity index (χ0n) is 12.0.